The van der Waals surface area contributed by atoms with E-state index in [-0.39, 0.29) is 55.4 Å². The number of hydrogen-bond donors (Lipinski definition) is 3. The Morgan fingerprint density at radius 2 is 1.89 bits per heavy atom. The maximum atomic E-state index is 13.2. The lowest BCUT2D eigenvalue weighted by Gasteiger charge is -2.21. The van der Waals surface area contributed by atoms with Crippen molar-refractivity contribution < 1.29 is 33.4 Å². The number of rotatable bonds is 3. The third-order valence-corrected chi connectivity index (χ3v) is 6.22. The maximum absolute atomic E-state index is 13.2. The molecule has 2 aromatic rings. The van der Waals surface area contributed by atoms with Crippen molar-refractivity contribution in [1.29, 1.82) is 0 Å². The lowest BCUT2D eigenvalue weighted by Crippen LogP contribution is -2.45. The van der Waals surface area contributed by atoms with Gasteiger partial charge < -0.3 is 40.0 Å². The highest BCUT2D eigenvalue weighted by Crippen LogP contribution is 2.28. The average Bonchev–Trinajstić information content (AvgIpc) is 3.31. The van der Waals surface area contributed by atoms with E-state index in [9.17, 15) is 19.2 Å². The molecule has 1 fully saturated rings. The van der Waals surface area contributed by atoms with E-state index in [0.717, 1.165) is 5.56 Å². The fourth-order valence-corrected chi connectivity index (χ4v) is 4.09. The van der Waals surface area contributed by atoms with E-state index >= 15 is 0 Å². The number of fused-ring (bicyclic) bond motifs is 7. The van der Waals surface area contributed by atoms with Crippen LogP contribution in [0.5, 0.6) is 17.2 Å². The van der Waals surface area contributed by atoms with Crippen LogP contribution in [0.25, 0.3) is 0 Å². The molecule has 3 aliphatic heterocycles. The quantitative estimate of drug-likeness (QED) is 0.526. The van der Waals surface area contributed by atoms with Crippen LogP contribution < -0.4 is 30.2 Å². The lowest BCUT2D eigenvalue weighted by atomic mass is 10.1. The number of carbonyl (C=O) groups is 4. The molecule has 38 heavy (non-hydrogen) atoms. The van der Waals surface area contributed by atoms with Crippen LogP contribution in [0.15, 0.2) is 42.5 Å². The van der Waals surface area contributed by atoms with E-state index in [4.69, 9.17) is 14.2 Å². The molecule has 5 rings (SSSR count). The molecule has 5 amide bonds. The maximum Gasteiger partial charge on any atom is 0.317 e. The summed E-state index contributed by atoms with van der Waals surface area (Å²) in [4.78, 5) is 53.1. The van der Waals surface area contributed by atoms with Crippen molar-refractivity contribution in [2.24, 2.45) is 0 Å². The van der Waals surface area contributed by atoms with Crippen LogP contribution >= 0.6 is 0 Å². The van der Waals surface area contributed by atoms with Crippen molar-refractivity contribution in [2.75, 3.05) is 47.4 Å². The number of urea groups is 1. The molecule has 3 aliphatic rings. The fraction of sp³-hybridized carbons (Fsp3) is 0.385. The van der Waals surface area contributed by atoms with Crippen molar-refractivity contribution in [3.8, 4) is 17.2 Å². The Balaban J connectivity index is 1.58. The zero-order valence-corrected chi connectivity index (χ0v) is 21.5. The van der Waals surface area contributed by atoms with Gasteiger partial charge in [0.15, 0.2) is 18.1 Å². The first-order chi connectivity index (χ1) is 18.2. The lowest BCUT2D eigenvalue weighted by molar-refractivity contribution is -0.129. The van der Waals surface area contributed by atoms with Gasteiger partial charge in [0.25, 0.3) is 11.8 Å². The summed E-state index contributed by atoms with van der Waals surface area (Å²) in [5, 5.41) is 8.31. The summed E-state index contributed by atoms with van der Waals surface area (Å²) in [5.74, 6) is 0.151. The molecule has 3 heterocycles. The van der Waals surface area contributed by atoms with Crippen LogP contribution in [-0.2, 0) is 16.1 Å². The third-order valence-electron chi connectivity index (χ3n) is 6.22. The summed E-state index contributed by atoms with van der Waals surface area (Å²) < 4.78 is 17.1. The first kappa shape index (κ1) is 26.6. The van der Waals surface area contributed by atoms with Gasteiger partial charge in [-0.1, -0.05) is 12.1 Å². The minimum Gasteiger partial charge on any atom is -0.493 e. The highest BCUT2D eigenvalue weighted by molar-refractivity contribution is 5.95. The highest BCUT2D eigenvalue weighted by atomic mass is 16.5. The van der Waals surface area contributed by atoms with E-state index in [2.05, 4.69) is 16.0 Å². The van der Waals surface area contributed by atoms with Crippen molar-refractivity contribution >= 4 is 23.8 Å². The number of nitrogens with zero attached hydrogens (tertiary/aromatic N) is 2. The van der Waals surface area contributed by atoms with Gasteiger partial charge in [0, 0.05) is 32.7 Å². The zero-order chi connectivity index (χ0) is 27.2. The predicted molar refractivity (Wildman–Crippen MR) is 136 cm³/mol. The zero-order valence-electron chi connectivity index (χ0n) is 21.5. The van der Waals surface area contributed by atoms with Gasteiger partial charge in [-0.15, -0.1) is 0 Å². The van der Waals surface area contributed by atoms with Crippen LogP contribution in [-0.4, -0.2) is 93.1 Å². The van der Waals surface area contributed by atoms with Gasteiger partial charge in [0.05, 0.1) is 26.2 Å². The summed E-state index contributed by atoms with van der Waals surface area (Å²) in [7, 11) is 4.64. The SMILES string of the molecule is COc1ccc2cc1OCC(=O)NCc1ccc(cc1)O[C@H]1CN(C(=O)CNC(=O)N(C)C)C[C@@H]1NC2=O. The number of hydrogen-bond acceptors (Lipinski definition) is 7. The summed E-state index contributed by atoms with van der Waals surface area (Å²) in [6, 6.07) is 10.9. The van der Waals surface area contributed by atoms with Gasteiger partial charge in [-0.25, -0.2) is 4.79 Å². The topological polar surface area (TPSA) is 139 Å². The summed E-state index contributed by atoms with van der Waals surface area (Å²) in [5.41, 5.74) is 1.15. The number of methoxy groups -OCH3 is 1. The molecule has 1 saturated heterocycles. The molecule has 3 N–H and O–H groups in total. The van der Waals surface area contributed by atoms with E-state index in [0.29, 0.717) is 18.0 Å². The van der Waals surface area contributed by atoms with Crippen molar-refractivity contribution in [3.05, 3.63) is 53.6 Å². The summed E-state index contributed by atoms with van der Waals surface area (Å²) in [6.07, 6.45) is -0.539. The Kier molecular flexibility index (Phi) is 8.19. The molecule has 0 aromatic heterocycles. The van der Waals surface area contributed by atoms with Crippen LogP contribution in [0.4, 0.5) is 4.79 Å². The number of likely N-dealkylation sites (tertiary alicyclic amines) is 1. The molecule has 12 nitrogen and oxygen atoms in total. The molecule has 2 atom stereocenters. The Bertz CT molecular complexity index is 1200. The molecule has 0 aliphatic carbocycles. The first-order valence-corrected chi connectivity index (χ1v) is 12.1. The number of benzene rings is 2. The monoisotopic (exact) mass is 525 g/mol. The molecule has 0 radical (unpaired) electrons. The minimum atomic E-state index is -0.539. The Morgan fingerprint density at radius 1 is 1.13 bits per heavy atom. The van der Waals surface area contributed by atoms with E-state index in [1.165, 1.54) is 18.1 Å². The second kappa shape index (κ2) is 11.7. The van der Waals surface area contributed by atoms with Gasteiger partial charge in [-0.05, 0) is 35.9 Å². The van der Waals surface area contributed by atoms with Crippen LogP contribution in [0, 0.1) is 0 Å². The van der Waals surface area contributed by atoms with E-state index in [1.54, 1.807) is 43.3 Å². The van der Waals surface area contributed by atoms with Crippen molar-refractivity contribution in [3.63, 3.8) is 0 Å². The molecule has 2 aromatic carbocycles. The number of nitrogens with one attached hydrogen (secondary N) is 3. The van der Waals surface area contributed by atoms with Crippen molar-refractivity contribution in [2.45, 2.75) is 18.7 Å². The fourth-order valence-electron chi connectivity index (χ4n) is 4.09. The molecule has 4 bridgehead atoms. The van der Waals surface area contributed by atoms with E-state index < -0.39 is 18.1 Å². The average molecular weight is 526 g/mol. The third kappa shape index (κ3) is 6.44. The van der Waals surface area contributed by atoms with Crippen LogP contribution in [0.2, 0.25) is 0 Å². The van der Waals surface area contributed by atoms with Gasteiger partial charge >= 0.3 is 6.03 Å². The van der Waals surface area contributed by atoms with Crippen molar-refractivity contribution in [1.82, 2.24) is 25.8 Å². The second-order valence-corrected chi connectivity index (χ2v) is 9.16. The standard InChI is InChI=1S/C26H31N5O7/c1-30(2)26(35)28-12-24(33)31-13-19-22(14-31)38-18-7-4-16(5-8-18)11-27-23(32)15-37-21-10-17(25(34)29-19)6-9-20(21)36-3/h4-10,19,22H,11-15H2,1-3H3,(H,27,32)(H,28,35)(H,29,34)/t19-,22-/m0/s1. The molecular weight excluding hydrogens is 494 g/mol. The summed E-state index contributed by atoms with van der Waals surface area (Å²) in [6.45, 7) is 0.283. The molecule has 12 heteroatoms. The normalized spacial score (nSPS) is 19.2. The number of carbonyl (C=O) groups excluding carboxylic acids is 4. The molecule has 0 saturated carbocycles. The molecule has 202 valence electrons. The number of ether oxygens (including phenoxy) is 3. The smallest absolute Gasteiger partial charge is 0.317 e. The molecular formula is C26H31N5O7. The van der Waals surface area contributed by atoms with Gasteiger partial charge in [0.1, 0.15) is 11.9 Å². The van der Waals surface area contributed by atoms with Gasteiger partial charge in [0.2, 0.25) is 5.91 Å². The molecule has 0 spiro atoms. The Labute approximate surface area is 220 Å². The van der Waals surface area contributed by atoms with E-state index in [1.807, 2.05) is 12.1 Å². The van der Waals surface area contributed by atoms with Crippen LogP contribution in [0.1, 0.15) is 15.9 Å². The minimum absolute atomic E-state index is 0.177. The van der Waals surface area contributed by atoms with Crippen LogP contribution in [0.3, 0.4) is 0 Å². The Morgan fingerprint density at radius 3 is 2.61 bits per heavy atom. The first-order valence-electron chi connectivity index (χ1n) is 12.1. The molecule has 0 unspecified atom stereocenters. The summed E-state index contributed by atoms with van der Waals surface area (Å²) >= 11 is 0. The van der Waals surface area contributed by atoms with Gasteiger partial charge in [-0.3, -0.25) is 14.4 Å². The van der Waals surface area contributed by atoms with Gasteiger partial charge in [-0.2, -0.15) is 0 Å². The highest BCUT2D eigenvalue weighted by Gasteiger charge is 2.38. The predicted octanol–water partition coefficient (Wildman–Crippen LogP) is 0.363. The largest absolute Gasteiger partial charge is 0.493 e. The Hall–Kier alpha value is -4.48. The second-order valence-electron chi connectivity index (χ2n) is 9.16. The number of amides is 5.